The molecule has 1 rings (SSSR count). The molecule has 2 N–H and O–H groups in total. The van der Waals surface area contributed by atoms with E-state index in [0.717, 1.165) is 16.8 Å². The van der Waals surface area contributed by atoms with Gasteiger partial charge in [-0.2, -0.15) is 0 Å². The first-order valence-corrected chi connectivity index (χ1v) is 5.26. The number of anilines is 1. The summed E-state index contributed by atoms with van der Waals surface area (Å²) in [5.74, 6) is 0.473. The van der Waals surface area contributed by atoms with E-state index >= 15 is 0 Å². The van der Waals surface area contributed by atoms with Gasteiger partial charge in [0.1, 0.15) is 0 Å². The van der Waals surface area contributed by atoms with Crippen molar-refractivity contribution in [1.82, 2.24) is 0 Å². The molecule has 1 nitrogen and oxygen atoms in total. The van der Waals surface area contributed by atoms with Crippen LogP contribution in [0.15, 0.2) is 30.9 Å². The molecule has 1 aromatic rings. The Bertz CT molecular complexity index is 387. The van der Waals surface area contributed by atoms with Crippen LogP contribution in [0, 0.1) is 6.92 Å². The van der Waals surface area contributed by atoms with Gasteiger partial charge in [-0.3, -0.25) is 0 Å². The van der Waals surface area contributed by atoms with Gasteiger partial charge in [0, 0.05) is 5.69 Å². The summed E-state index contributed by atoms with van der Waals surface area (Å²) >= 11 is 0. The van der Waals surface area contributed by atoms with Gasteiger partial charge in [-0.05, 0) is 29.5 Å². The zero-order chi connectivity index (χ0) is 11.4. The standard InChI is InChI=1S/C14H19N/c1-5-6-7-12-8-9-13(10(2)3)14(15)11(12)4/h5-10H,1,15H2,2-4H3/b7-6-. The monoisotopic (exact) mass is 201 g/mol. The van der Waals surface area contributed by atoms with Crippen LogP contribution in [0.4, 0.5) is 5.69 Å². The highest BCUT2D eigenvalue weighted by Crippen LogP contribution is 2.27. The molecule has 15 heavy (non-hydrogen) atoms. The Hall–Kier alpha value is -1.50. The number of nitrogens with two attached hydrogens (primary N) is 1. The van der Waals surface area contributed by atoms with E-state index in [2.05, 4.69) is 39.5 Å². The predicted molar refractivity (Wildman–Crippen MR) is 68.9 cm³/mol. The van der Waals surface area contributed by atoms with Crippen LogP contribution in [0.2, 0.25) is 0 Å². The van der Waals surface area contributed by atoms with Gasteiger partial charge in [0.05, 0.1) is 0 Å². The van der Waals surface area contributed by atoms with Crippen molar-refractivity contribution < 1.29 is 0 Å². The number of rotatable bonds is 3. The average Bonchev–Trinajstić information content (AvgIpc) is 2.20. The van der Waals surface area contributed by atoms with Crippen LogP contribution in [0.5, 0.6) is 0 Å². The van der Waals surface area contributed by atoms with E-state index in [1.54, 1.807) is 6.08 Å². The van der Waals surface area contributed by atoms with Crippen molar-refractivity contribution >= 4 is 11.8 Å². The molecule has 0 aromatic heterocycles. The van der Waals surface area contributed by atoms with Gasteiger partial charge in [-0.15, -0.1) is 0 Å². The molecular formula is C14H19N. The minimum absolute atomic E-state index is 0.473. The molecule has 0 saturated heterocycles. The fourth-order valence-corrected chi connectivity index (χ4v) is 1.62. The summed E-state index contributed by atoms with van der Waals surface area (Å²) in [6.45, 7) is 10.0. The molecule has 0 radical (unpaired) electrons. The van der Waals surface area contributed by atoms with Crippen molar-refractivity contribution in [2.45, 2.75) is 26.7 Å². The lowest BCUT2D eigenvalue weighted by molar-refractivity contribution is 0.868. The Morgan fingerprint density at radius 1 is 1.33 bits per heavy atom. The molecule has 0 aliphatic rings. The van der Waals surface area contributed by atoms with Crippen molar-refractivity contribution in [3.05, 3.63) is 47.6 Å². The lowest BCUT2D eigenvalue weighted by atomic mass is 9.95. The van der Waals surface area contributed by atoms with Crippen LogP contribution < -0.4 is 5.73 Å². The van der Waals surface area contributed by atoms with Crippen molar-refractivity contribution in [2.75, 3.05) is 5.73 Å². The van der Waals surface area contributed by atoms with E-state index in [-0.39, 0.29) is 0 Å². The van der Waals surface area contributed by atoms with Crippen molar-refractivity contribution in [3.63, 3.8) is 0 Å². The zero-order valence-corrected chi connectivity index (χ0v) is 9.75. The second-order valence-electron chi connectivity index (χ2n) is 4.03. The van der Waals surface area contributed by atoms with E-state index in [9.17, 15) is 0 Å². The third-order valence-electron chi connectivity index (χ3n) is 2.62. The highest BCUT2D eigenvalue weighted by atomic mass is 14.6. The van der Waals surface area contributed by atoms with Crippen LogP contribution in [-0.4, -0.2) is 0 Å². The molecule has 0 heterocycles. The van der Waals surface area contributed by atoms with E-state index in [4.69, 9.17) is 5.73 Å². The van der Waals surface area contributed by atoms with Gasteiger partial charge in [0.2, 0.25) is 0 Å². The molecule has 0 bridgehead atoms. The second-order valence-corrected chi connectivity index (χ2v) is 4.03. The second kappa shape index (κ2) is 4.83. The van der Waals surface area contributed by atoms with Gasteiger partial charge in [0.15, 0.2) is 0 Å². The van der Waals surface area contributed by atoms with Crippen LogP contribution in [0.3, 0.4) is 0 Å². The topological polar surface area (TPSA) is 26.0 Å². The molecule has 0 aliphatic heterocycles. The molecule has 0 saturated carbocycles. The summed E-state index contributed by atoms with van der Waals surface area (Å²) in [5.41, 5.74) is 10.6. The van der Waals surface area contributed by atoms with Crippen molar-refractivity contribution in [1.29, 1.82) is 0 Å². The molecule has 80 valence electrons. The van der Waals surface area contributed by atoms with Gasteiger partial charge in [0.25, 0.3) is 0 Å². The zero-order valence-electron chi connectivity index (χ0n) is 9.75. The maximum Gasteiger partial charge on any atom is 0.0384 e. The number of nitrogen functional groups attached to an aromatic ring is 1. The Morgan fingerprint density at radius 2 is 2.00 bits per heavy atom. The third-order valence-corrected chi connectivity index (χ3v) is 2.62. The Morgan fingerprint density at radius 3 is 2.53 bits per heavy atom. The highest BCUT2D eigenvalue weighted by molar-refractivity contribution is 5.66. The summed E-state index contributed by atoms with van der Waals surface area (Å²) in [6.07, 6.45) is 5.73. The third kappa shape index (κ3) is 2.50. The van der Waals surface area contributed by atoms with Crippen LogP contribution in [0.1, 0.15) is 36.5 Å². The van der Waals surface area contributed by atoms with E-state index < -0.39 is 0 Å². The van der Waals surface area contributed by atoms with Crippen molar-refractivity contribution in [3.8, 4) is 0 Å². The highest BCUT2D eigenvalue weighted by Gasteiger charge is 2.07. The maximum atomic E-state index is 6.10. The summed E-state index contributed by atoms with van der Waals surface area (Å²) in [6, 6.07) is 4.22. The molecule has 0 fully saturated rings. The molecule has 1 heteroatoms. The molecule has 0 amide bonds. The van der Waals surface area contributed by atoms with Gasteiger partial charge in [-0.1, -0.05) is 50.8 Å². The molecule has 0 aliphatic carbocycles. The normalized spacial score (nSPS) is 11.2. The smallest absolute Gasteiger partial charge is 0.0384 e. The van der Waals surface area contributed by atoms with Gasteiger partial charge in [-0.25, -0.2) is 0 Å². The summed E-state index contributed by atoms with van der Waals surface area (Å²) in [4.78, 5) is 0. The first kappa shape index (κ1) is 11.6. The fraction of sp³-hybridized carbons (Fsp3) is 0.286. The van der Waals surface area contributed by atoms with Gasteiger partial charge >= 0.3 is 0 Å². The van der Waals surface area contributed by atoms with E-state index in [1.165, 1.54) is 5.56 Å². The predicted octanol–water partition coefficient (Wildman–Crippen LogP) is 3.90. The minimum atomic E-state index is 0.473. The van der Waals surface area contributed by atoms with E-state index in [0.29, 0.717) is 5.92 Å². The summed E-state index contributed by atoms with van der Waals surface area (Å²) in [7, 11) is 0. The summed E-state index contributed by atoms with van der Waals surface area (Å²) < 4.78 is 0. The SMILES string of the molecule is C=C/C=C\c1ccc(C(C)C)c(N)c1C. The maximum absolute atomic E-state index is 6.10. The Labute approximate surface area is 92.3 Å². The van der Waals surface area contributed by atoms with Crippen LogP contribution in [-0.2, 0) is 0 Å². The molecular weight excluding hydrogens is 182 g/mol. The Balaban J connectivity index is 3.21. The number of benzene rings is 1. The average molecular weight is 201 g/mol. The quantitative estimate of drug-likeness (QED) is 0.582. The molecule has 0 spiro atoms. The first-order valence-electron chi connectivity index (χ1n) is 5.26. The summed E-state index contributed by atoms with van der Waals surface area (Å²) in [5, 5.41) is 0. The van der Waals surface area contributed by atoms with Crippen molar-refractivity contribution in [2.24, 2.45) is 0 Å². The lowest BCUT2D eigenvalue weighted by Crippen LogP contribution is -2.00. The Kier molecular flexibility index (Phi) is 3.73. The molecule has 1 aromatic carbocycles. The lowest BCUT2D eigenvalue weighted by Gasteiger charge is -2.13. The number of allylic oxidation sites excluding steroid dienone is 2. The molecule has 0 atom stereocenters. The molecule has 0 unspecified atom stereocenters. The number of hydrogen-bond acceptors (Lipinski definition) is 1. The number of hydrogen-bond donors (Lipinski definition) is 1. The largest absolute Gasteiger partial charge is 0.398 e. The van der Waals surface area contributed by atoms with E-state index in [1.807, 2.05) is 12.2 Å². The van der Waals surface area contributed by atoms with Gasteiger partial charge < -0.3 is 5.73 Å². The fourth-order valence-electron chi connectivity index (χ4n) is 1.62. The van der Waals surface area contributed by atoms with Crippen LogP contribution in [0.25, 0.3) is 6.08 Å². The minimum Gasteiger partial charge on any atom is -0.398 e. The first-order chi connectivity index (χ1) is 7.07. The van der Waals surface area contributed by atoms with Crippen LogP contribution >= 0.6 is 0 Å².